The van der Waals surface area contributed by atoms with Crippen molar-refractivity contribution in [2.75, 3.05) is 33.3 Å². The predicted octanol–water partition coefficient (Wildman–Crippen LogP) is 3.51. The van der Waals surface area contributed by atoms with Crippen molar-refractivity contribution >= 4 is 35.9 Å². The van der Waals surface area contributed by atoms with Crippen LogP contribution in [0.25, 0.3) is 0 Å². The molecule has 6 nitrogen and oxygen atoms in total. The molecule has 0 saturated carbocycles. The molecule has 158 valence electrons. The molecule has 28 heavy (non-hydrogen) atoms. The Morgan fingerprint density at radius 2 is 2.04 bits per heavy atom. The molecular formula is C20H31FIN3O3. The highest BCUT2D eigenvalue weighted by Gasteiger charge is 2.28. The Labute approximate surface area is 183 Å². The topological polar surface area (TPSA) is 63.2 Å². The first-order valence-corrected chi connectivity index (χ1v) is 9.54. The number of carbonyl (C=O) groups is 1. The van der Waals surface area contributed by atoms with Crippen LogP contribution in [-0.2, 0) is 14.3 Å². The first kappa shape index (κ1) is 24.6. The van der Waals surface area contributed by atoms with E-state index in [0.717, 1.165) is 37.5 Å². The summed E-state index contributed by atoms with van der Waals surface area (Å²) in [6.45, 7) is 6.88. The van der Waals surface area contributed by atoms with Gasteiger partial charge in [-0.15, -0.1) is 24.0 Å². The maximum absolute atomic E-state index is 13.2. The highest BCUT2D eigenvalue weighted by atomic mass is 127. The predicted molar refractivity (Wildman–Crippen MR) is 119 cm³/mol. The molecule has 8 heteroatoms. The molecule has 2 rings (SSSR count). The van der Waals surface area contributed by atoms with E-state index in [4.69, 9.17) is 9.73 Å². The van der Waals surface area contributed by atoms with Gasteiger partial charge in [0.25, 0.3) is 0 Å². The van der Waals surface area contributed by atoms with Crippen molar-refractivity contribution in [2.45, 2.75) is 45.3 Å². The normalized spacial score (nSPS) is 19.7. The Hall–Kier alpha value is -1.42. The number of carbonyl (C=O) groups excluding carboxylic acids is 1. The van der Waals surface area contributed by atoms with Gasteiger partial charge in [-0.05, 0) is 44.4 Å². The summed E-state index contributed by atoms with van der Waals surface area (Å²) in [5.74, 6) is 0.411. The summed E-state index contributed by atoms with van der Waals surface area (Å²) in [6, 6.07) is 6.46. The summed E-state index contributed by atoms with van der Waals surface area (Å²) >= 11 is 0. The fourth-order valence-corrected chi connectivity index (χ4v) is 3.08. The van der Waals surface area contributed by atoms with Gasteiger partial charge in [-0.25, -0.2) is 4.39 Å². The molecule has 1 fully saturated rings. The standard InChI is InChI=1S/C20H30FN3O3.HI/c1-4-22-20(23-12-6-5-7-19(25)26-3)24-13-15(2)27-18(14-24)16-8-10-17(21)11-9-16;/h8-11,15,18H,4-7,12-14H2,1-3H3,(H,22,23);1H. The van der Waals surface area contributed by atoms with Crippen molar-refractivity contribution in [2.24, 2.45) is 4.99 Å². The second-order valence-corrected chi connectivity index (χ2v) is 6.66. The number of nitrogens with zero attached hydrogens (tertiary/aromatic N) is 2. The van der Waals surface area contributed by atoms with Gasteiger partial charge in [-0.3, -0.25) is 9.79 Å². The van der Waals surface area contributed by atoms with Crippen molar-refractivity contribution in [3.63, 3.8) is 0 Å². The minimum atomic E-state index is -0.249. The summed E-state index contributed by atoms with van der Waals surface area (Å²) in [7, 11) is 1.40. The van der Waals surface area contributed by atoms with Gasteiger partial charge in [0.15, 0.2) is 5.96 Å². The van der Waals surface area contributed by atoms with Crippen LogP contribution in [0.4, 0.5) is 4.39 Å². The molecule has 0 radical (unpaired) electrons. The lowest BCUT2D eigenvalue weighted by atomic mass is 10.1. The fourth-order valence-electron chi connectivity index (χ4n) is 3.08. The van der Waals surface area contributed by atoms with E-state index in [-0.39, 0.29) is 48.0 Å². The molecule has 0 aliphatic carbocycles. The monoisotopic (exact) mass is 507 g/mol. The lowest BCUT2D eigenvalue weighted by molar-refractivity contribution is -0.140. The third-order valence-corrected chi connectivity index (χ3v) is 4.41. The van der Waals surface area contributed by atoms with Crippen LogP contribution in [0, 0.1) is 5.82 Å². The zero-order valence-corrected chi connectivity index (χ0v) is 19.1. The molecule has 1 saturated heterocycles. The van der Waals surface area contributed by atoms with E-state index in [9.17, 15) is 9.18 Å². The van der Waals surface area contributed by atoms with Gasteiger partial charge in [0, 0.05) is 26.1 Å². The van der Waals surface area contributed by atoms with Gasteiger partial charge in [0.05, 0.1) is 19.8 Å². The minimum Gasteiger partial charge on any atom is -0.469 e. The summed E-state index contributed by atoms with van der Waals surface area (Å²) in [5.41, 5.74) is 0.960. The zero-order chi connectivity index (χ0) is 19.6. The largest absolute Gasteiger partial charge is 0.469 e. The molecule has 2 atom stereocenters. The SMILES string of the molecule is CCNC(=NCCCCC(=O)OC)N1CC(C)OC(c2ccc(F)cc2)C1.I. The van der Waals surface area contributed by atoms with Crippen LogP contribution in [0.2, 0.25) is 0 Å². The van der Waals surface area contributed by atoms with Crippen molar-refractivity contribution < 1.29 is 18.7 Å². The van der Waals surface area contributed by atoms with Gasteiger partial charge in [0.1, 0.15) is 11.9 Å². The summed E-state index contributed by atoms with van der Waals surface area (Å²) in [4.78, 5) is 18.1. The third-order valence-electron chi connectivity index (χ3n) is 4.41. The molecule has 1 N–H and O–H groups in total. The molecule has 1 aromatic carbocycles. The number of guanidine groups is 1. The first-order valence-electron chi connectivity index (χ1n) is 9.54. The van der Waals surface area contributed by atoms with Crippen LogP contribution in [0.15, 0.2) is 29.3 Å². The number of methoxy groups -OCH3 is 1. The number of nitrogens with one attached hydrogen (secondary N) is 1. The second kappa shape index (κ2) is 12.9. The summed E-state index contributed by atoms with van der Waals surface area (Å²) in [6.07, 6.45) is 1.91. The van der Waals surface area contributed by atoms with Crippen LogP contribution in [0.1, 0.15) is 44.8 Å². The van der Waals surface area contributed by atoms with E-state index in [1.807, 2.05) is 13.8 Å². The highest BCUT2D eigenvalue weighted by molar-refractivity contribution is 14.0. The van der Waals surface area contributed by atoms with Crippen LogP contribution >= 0.6 is 24.0 Å². The Balaban J connectivity index is 0.00000392. The summed E-state index contributed by atoms with van der Waals surface area (Å²) < 4.78 is 23.9. The van der Waals surface area contributed by atoms with E-state index in [1.54, 1.807) is 12.1 Å². The number of hydrogen-bond acceptors (Lipinski definition) is 4. The van der Waals surface area contributed by atoms with Crippen LogP contribution in [0.5, 0.6) is 0 Å². The number of morpholine rings is 1. The van der Waals surface area contributed by atoms with Gasteiger partial charge < -0.3 is 19.7 Å². The van der Waals surface area contributed by atoms with Crippen molar-refractivity contribution in [3.05, 3.63) is 35.6 Å². The summed E-state index contributed by atoms with van der Waals surface area (Å²) in [5, 5.41) is 3.33. The fraction of sp³-hybridized carbons (Fsp3) is 0.600. The second-order valence-electron chi connectivity index (χ2n) is 6.66. The number of unbranched alkanes of at least 4 members (excludes halogenated alkanes) is 1. The van der Waals surface area contributed by atoms with Gasteiger partial charge in [-0.2, -0.15) is 0 Å². The van der Waals surface area contributed by atoms with Crippen LogP contribution in [0.3, 0.4) is 0 Å². The van der Waals surface area contributed by atoms with Crippen molar-refractivity contribution in [1.82, 2.24) is 10.2 Å². The van der Waals surface area contributed by atoms with E-state index in [0.29, 0.717) is 19.5 Å². The number of rotatable bonds is 7. The molecule has 1 aliphatic rings. The quantitative estimate of drug-likeness (QED) is 0.201. The lowest BCUT2D eigenvalue weighted by Crippen LogP contribution is -2.50. The first-order chi connectivity index (χ1) is 13.0. The van der Waals surface area contributed by atoms with Crippen LogP contribution < -0.4 is 5.32 Å². The smallest absolute Gasteiger partial charge is 0.305 e. The molecule has 1 heterocycles. The molecule has 0 spiro atoms. The maximum atomic E-state index is 13.2. The van der Waals surface area contributed by atoms with E-state index in [1.165, 1.54) is 19.2 Å². The van der Waals surface area contributed by atoms with E-state index >= 15 is 0 Å². The number of aliphatic imine (C=N–C) groups is 1. The minimum absolute atomic E-state index is 0. The number of benzene rings is 1. The van der Waals surface area contributed by atoms with Gasteiger partial charge >= 0.3 is 5.97 Å². The van der Waals surface area contributed by atoms with Gasteiger partial charge in [-0.1, -0.05) is 12.1 Å². The lowest BCUT2D eigenvalue weighted by Gasteiger charge is -2.38. The Morgan fingerprint density at radius 3 is 2.68 bits per heavy atom. The molecule has 0 aromatic heterocycles. The highest BCUT2D eigenvalue weighted by Crippen LogP contribution is 2.25. The number of halogens is 2. The Bertz CT molecular complexity index is 628. The third kappa shape index (κ3) is 7.90. The Morgan fingerprint density at radius 1 is 1.32 bits per heavy atom. The van der Waals surface area contributed by atoms with E-state index in [2.05, 4.69) is 15.0 Å². The average molecular weight is 507 g/mol. The van der Waals surface area contributed by atoms with Crippen molar-refractivity contribution in [3.8, 4) is 0 Å². The molecular weight excluding hydrogens is 476 g/mol. The number of esters is 1. The molecule has 0 bridgehead atoms. The molecule has 1 aromatic rings. The van der Waals surface area contributed by atoms with Crippen LogP contribution in [-0.4, -0.2) is 56.2 Å². The number of ether oxygens (including phenoxy) is 2. The molecule has 1 aliphatic heterocycles. The molecule has 0 amide bonds. The zero-order valence-electron chi connectivity index (χ0n) is 16.8. The maximum Gasteiger partial charge on any atom is 0.305 e. The van der Waals surface area contributed by atoms with Gasteiger partial charge in [0.2, 0.25) is 0 Å². The molecule has 2 unspecified atom stereocenters. The van der Waals surface area contributed by atoms with Crippen molar-refractivity contribution in [1.29, 1.82) is 0 Å². The number of hydrogen-bond donors (Lipinski definition) is 1. The van der Waals surface area contributed by atoms with E-state index < -0.39 is 0 Å². The Kier molecular flexibility index (Phi) is 11.4. The average Bonchev–Trinajstić information content (AvgIpc) is 2.66.